The topological polar surface area (TPSA) is 55.1 Å². The lowest BCUT2D eigenvalue weighted by molar-refractivity contribution is 0.0697. The predicted molar refractivity (Wildman–Crippen MR) is 52.4 cm³/mol. The molecule has 72 valence electrons. The first-order chi connectivity index (χ1) is 6.59. The maximum atomic E-state index is 10.8. The largest absolute Gasteiger partial charge is 0.478 e. The van der Waals surface area contributed by atoms with Crippen molar-refractivity contribution in [3.8, 4) is 0 Å². The van der Waals surface area contributed by atoms with Crippen molar-refractivity contribution in [1.82, 2.24) is 9.78 Å². The van der Waals surface area contributed by atoms with Crippen molar-refractivity contribution in [2.45, 2.75) is 6.92 Å². The minimum atomic E-state index is -0.904. The molecule has 0 fully saturated rings. The molecule has 1 aromatic carbocycles. The fourth-order valence-electron chi connectivity index (χ4n) is 1.68. The van der Waals surface area contributed by atoms with Crippen LogP contribution in [0.3, 0.4) is 0 Å². The molecule has 4 heteroatoms. The normalized spacial score (nSPS) is 10.7. The number of rotatable bonds is 1. The molecule has 0 bridgehead atoms. The zero-order valence-electron chi connectivity index (χ0n) is 7.98. The first kappa shape index (κ1) is 8.74. The van der Waals surface area contributed by atoms with E-state index in [9.17, 15) is 4.79 Å². The Bertz CT molecular complexity index is 514. The van der Waals surface area contributed by atoms with Crippen LogP contribution in [0.25, 0.3) is 10.9 Å². The first-order valence-corrected chi connectivity index (χ1v) is 4.25. The van der Waals surface area contributed by atoms with Crippen LogP contribution in [0.4, 0.5) is 0 Å². The van der Waals surface area contributed by atoms with E-state index in [2.05, 4.69) is 5.10 Å². The number of aromatic carboxylic acids is 1. The molecule has 0 spiro atoms. The SMILES string of the molecule is Cc1cc(C(=O)O)cc2cnn(C)c12. The highest BCUT2D eigenvalue weighted by Gasteiger charge is 2.09. The van der Waals surface area contributed by atoms with Gasteiger partial charge in [-0.1, -0.05) is 0 Å². The Labute approximate surface area is 80.8 Å². The molecule has 2 aromatic rings. The predicted octanol–water partition coefficient (Wildman–Crippen LogP) is 1.58. The number of carboxylic acids is 1. The minimum absolute atomic E-state index is 0.308. The summed E-state index contributed by atoms with van der Waals surface area (Å²) in [5.74, 6) is -0.904. The summed E-state index contributed by atoms with van der Waals surface area (Å²) in [7, 11) is 1.84. The molecule has 4 nitrogen and oxygen atoms in total. The maximum Gasteiger partial charge on any atom is 0.335 e. The van der Waals surface area contributed by atoms with Gasteiger partial charge in [0.15, 0.2) is 0 Å². The van der Waals surface area contributed by atoms with E-state index in [1.807, 2.05) is 14.0 Å². The highest BCUT2D eigenvalue weighted by molar-refractivity contribution is 5.94. The lowest BCUT2D eigenvalue weighted by atomic mass is 10.1. The Morgan fingerprint density at radius 2 is 2.21 bits per heavy atom. The summed E-state index contributed by atoms with van der Waals surface area (Å²) in [6.45, 7) is 1.89. The van der Waals surface area contributed by atoms with Crippen molar-refractivity contribution in [1.29, 1.82) is 0 Å². The number of aryl methyl sites for hydroxylation is 2. The van der Waals surface area contributed by atoms with Gasteiger partial charge in [0.1, 0.15) is 0 Å². The number of benzene rings is 1. The molecule has 2 rings (SSSR count). The summed E-state index contributed by atoms with van der Waals surface area (Å²) in [6, 6.07) is 3.30. The van der Waals surface area contributed by atoms with Crippen LogP contribution in [0.1, 0.15) is 15.9 Å². The number of aromatic nitrogens is 2. The Hall–Kier alpha value is -1.84. The van der Waals surface area contributed by atoms with Crippen LogP contribution in [0.5, 0.6) is 0 Å². The fraction of sp³-hybridized carbons (Fsp3) is 0.200. The smallest absolute Gasteiger partial charge is 0.335 e. The Kier molecular flexibility index (Phi) is 1.77. The molecule has 1 aromatic heterocycles. The molecule has 0 atom stereocenters. The molecule has 0 amide bonds. The molecule has 0 aliphatic carbocycles. The monoisotopic (exact) mass is 190 g/mol. The van der Waals surface area contributed by atoms with Gasteiger partial charge in [-0.25, -0.2) is 4.79 Å². The van der Waals surface area contributed by atoms with Gasteiger partial charge in [0.25, 0.3) is 0 Å². The van der Waals surface area contributed by atoms with E-state index < -0.39 is 5.97 Å². The minimum Gasteiger partial charge on any atom is -0.478 e. The average Bonchev–Trinajstić information content (AvgIpc) is 2.48. The van der Waals surface area contributed by atoms with E-state index >= 15 is 0 Å². The Morgan fingerprint density at radius 1 is 1.50 bits per heavy atom. The number of hydrogen-bond donors (Lipinski definition) is 1. The third-order valence-corrected chi connectivity index (χ3v) is 2.27. The van der Waals surface area contributed by atoms with Crippen LogP contribution in [0.2, 0.25) is 0 Å². The molecule has 0 saturated carbocycles. The van der Waals surface area contributed by atoms with Gasteiger partial charge in [0.2, 0.25) is 0 Å². The van der Waals surface area contributed by atoms with Crippen LogP contribution in [0.15, 0.2) is 18.3 Å². The van der Waals surface area contributed by atoms with E-state index in [1.54, 1.807) is 23.0 Å². The standard InChI is InChI=1S/C10H10N2O2/c1-6-3-7(10(13)14)4-8-5-11-12(2)9(6)8/h3-5H,1-2H3,(H,13,14). The molecule has 1 N–H and O–H groups in total. The second kappa shape index (κ2) is 2.83. The molecule has 0 saturated heterocycles. The third-order valence-electron chi connectivity index (χ3n) is 2.27. The van der Waals surface area contributed by atoms with Crippen molar-refractivity contribution in [2.24, 2.45) is 7.05 Å². The lowest BCUT2D eigenvalue weighted by Crippen LogP contribution is -1.98. The second-order valence-electron chi connectivity index (χ2n) is 3.30. The molecule has 0 aliphatic rings. The van der Waals surface area contributed by atoms with Crippen LogP contribution in [-0.2, 0) is 7.05 Å². The summed E-state index contributed by atoms with van der Waals surface area (Å²) < 4.78 is 1.75. The van der Waals surface area contributed by atoms with Crippen molar-refractivity contribution in [3.63, 3.8) is 0 Å². The zero-order valence-corrected chi connectivity index (χ0v) is 7.98. The van der Waals surface area contributed by atoms with Gasteiger partial charge in [0, 0.05) is 12.4 Å². The lowest BCUT2D eigenvalue weighted by Gasteiger charge is -2.01. The number of fused-ring (bicyclic) bond motifs is 1. The first-order valence-electron chi connectivity index (χ1n) is 4.25. The van der Waals surface area contributed by atoms with Crippen LogP contribution < -0.4 is 0 Å². The van der Waals surface area contributed by atoms with Crippen LogP contribution in [0, 0.1) is 6.92 Å². The summed E-state index contributed by atoms with van der Waals surface area (Å²) in [5, 5.41) is 13.8. The fourth-order valence-corrected chi connectivity index (χ4v) is 1.68. The molecule has 0 unspecified atom stereocenters. The van der Waals surface area contributed by atoms with Gasteiger partial charge in [-0.05, 0) is 24.6 Å². The van der Waals surface area contributed by atoms with Crippen molar-refractivity contribution in [2.75, 3.05) is 0 Å². The van der Waals surface area contributed by atoms with Gasteiger partial charge >= 0.3 is 5.97 Å². The number of hydrogen-bond acceptors (Lipinski definition) is 2. The number of carbonyl (C=O) groups is 1. The molecular weight excluding hydrogens is 180 g/mol. The molecule has 0 aliphatic heterocycles. The average molecular weight is 190 g/mol. The van der Waals surface area contributed by atoms with Crippen molar-refractivity contribution in [3.05, 3.63) is 29.5 Å². The number of nitrogens with zero attached hydrogens (tertiary/aromatic N) is 2. The summed E-state index contributed by atoms with van der Waals surface area (Å²) in [4.78, 5) is 10.8. The maximum absolute atomic E-state index is 10.8. The van der Waals surface area contributed by atoms with Crippen LogP contribution in [-0.4, -0.2) is 20.9 Å². The highest BCUT2D eigenvalue weighted by atomic mass is 16.4. The Morgan fingerprint density at radius 3 is 2.86 bits per heavy atom. The molecule has 14 heavy (non-hydrogen) atoms. The van der Waals surface area contributed by atoms with E-state index in [4.69, 9.17) is 5.11 Å². The third kappa shape index (κ3) is 1.16. The highest BCUT2D eigenvalue weighted by Crippen LogP contribution is 2.19. The van der Waals surface area contributed by atoms with Gasteiger partial charge in [-0.15, -0.1) is 0 Å². The summed E-state index contributed by atoms with van der Waals surface area (Å²) >= 11 is 0. The van der Waals surface area contributed by atoms with E-state index in [1.165, 1.54) is 0 Å². The van der Waals surface area contributed by atoms with Gasteiger partial charge < -0.3 is 5.11 Å². The van der Waals surface area contributed by atoms with Crippen LogP contribution >= 0.6 is 0 Å². The summed E-state index contributed by atoms with van der Waals surface area (Å²) in [5.41, 5.74) is 2.22. The van der Waals surface area contributed by atoms with Gasteiger partial charge in [-0.3, -0.25) is 4.68 Å². The molecule has 1 heterocycles. The van der Waals surface area contributed by atoms with E-state index in [-0.39, 0.29) is 0 Å². The van der Waals surface area contributed by atoms with Gasteiger partial charge in [-0.2, -0.15) is 5.10 Å². The van der Waals surface area contributed by atoms with E-state index in [0.29, 0.717) is 5.56 Å². The van der Waals surface area contributed by atoms with Crippen molar-refractivity contribution < 1.29 is 9.90 Å². The summed E-state index contributed by atoms with van der Waals surface area (Å²) in [6.07, 6.45) is 1.68. The van der Waals surface area contributed by atoms with Crippen molar-refractivity contribution >= 4 is 16.9 Å². The molecule has 0 radical (unpaired) electrons. The second-order valence-corrected chi connectivity index (χ2v) is 3.30. The zero-order chi connectivity index (χ0) is 10.3. The van der Waals surface area contributed by atoms with Gasteiger partial charge in [0.05, 0.1) is 17.3 Å². The Balaban J connectivity index is 2.80. The molecular formula is C10H10N2O2. The number of carboxylic acid groups (broad SMARTS) is 1. The van der Waals surface area contributed by atoms with E-state index in [0.717, 1.165) is 16.5 Å². The quantitative estimate of drug-likeness (QED) is 0.742.